The summed E-state index contributed by atoms with van der Waals surface area (Å²) in [6, 6.07) is 6.78. The number of hydrogen-bond acceptors (Lipinski definition) is 0. The van der Waals surface area contributed by atoms with Gasteiger partial charge in [0.2, 0.25) is 0 Å². The summed E-state index contributed by atoms with van der Waals surface area (Å²) in [6.07, 6.45) is 0. The molecule has 56 valence electrons. The molecule has 10 heavy (non-hydrogen) atoms. The summed E-state index contributed by atoms with van der Waals surface area (Å²) >= 11 is 2.64. The van der Waals surface area contributed by atoms with Crippen LogP contribution in [-0.4, -0.2) is 4.93 Å². The van der Waals surface area contributed by atoms with Gasteiger partial charge >= 0.3 is 86.6 Å². The minimum atomic E-state index is 0.271. The second-order valence-corrected chi connectivity index (χ2v) is 5.71. The maximum absolute atomic E-state index is 2.37. The van der Waals surface area contributed by atoms with Crippen LogP contribution in [0, 0.1) is 14.1 Å². The average molecular weight is 359 g/mol. The van der Waals surface area contributed by atoms with Crippen LogP contribution in [-0.2, 0) is 0 Å². The van der Waals surface area contributed by atoms with Gasteiger partial charge < -0.3 is 0 Å². The molecule has 0 saturated heterocycles. The van der Waals surface area contributed by atoms with Gasteiger partial charge in [0, 0.05) is 0 Å². The Kier molecular flexibility index (Phi) is 3.42. The molecule has 1 aromatic carbocycles. The Morgan fingerprint density at radius 3 is 2.50 bits per heavy atom. The molecule has 0 unspecified atom stereocenters. The zero-order valence-electron chi connectivity index (χ0n) is 5.99. The molecule has 0 saturated carbocycles. The zero-order valence-corrected chi connectivity index (χ0v) is 10.3. The molecule has 0 radical (unpaired) electrons. The fourth-order valence-corrected chi connectivity index (χ4v) is 3.67. The van der Waals surface area contributed by atoms with E-state index in [1.165, 1.54) is 9.13 Å². The van der Waals surface area contributed by atoms with E-state index in [0.29, 0.717) is 0 Å². The molecule has 0 bridgehead atoms. The van der Waals surface area contributed by atoms with E-state index >= 15 is 0 Å². The maximum atomic E-state index is 2.37. The van der Waals surface area contributed by atoms with Crippen molar-refractivity contribution < 1.29 is 21.2 Å². The Morgan fingerprint density at radius 2 is 2.00 bits per heavy atom. The molecule has 0 aliphatic rings. The predicted octanol–water partition coefficient (Wildman–Crippen LogP) is -0.512. The first-order valence-electron chi connectivity index (χ1n) is 2.99. The summed E-state index contributed by atoms with van der Waals surface area (Å²) in [5, 5.41) is 0. The van der Waals surface area contributed by atoms with E-state index in [1.807, 2.05) is 0 Å². The van der Waals surface area contributed by atoms with Crippen molar-refractivity contribution in [1.29, 1.82) is 0 Å². The Balaban J connectivity index is 3.06. The van der Waals surface area contributed by atoms with E-state index in [4.69, 9.17) is 0 Å². The summed E-state index contributed by atoms with van der Waals surface area (Å²) in [5.74, 6) is 0. The van der Waals surface area contributed by atoms with Gasteiger partial charge in [-0.3, -0.25) is 0 Å². The molecule has 0 atom stereocenters. The Labute approximate surface area is 85.8 Å². The first-order chi connectivity index (χ1) is 4.72. The van der Waals surface area contributed by atoms with E-state index in [0.717, 1.165) is 0 Å². The fourth-order valence-electron chi connectivity index (χ4n) is 0.801. The monoisotopic (exact) mass is 359 g/mol. The van der Waals surface area contributed by atoms with Crippen molar-refractivity contribution in [2.75, 3.05) is 4.93 Å². The summed E-state index contributed by atoms with van der Waals surface area (Å²) in [6.45, 7) is 2.16. The van der Waals surface area contributed by atoms with Crippen LogP contribution in [0.1, 0.15) is 5.56 Å². The van der Waals surface area contributed by atoms with E-state index in [2.05, 4.69) is 52.6 Å². The van der Waals surface area contributed by atoms with Crippen molar-refractivity contribution in [3.63, 3.8) is 0 Å². The van der Waals surface area contributed by atoms with Crippen LogP contribution in [0.2, 0.25) is 0 Å². The predicted molar refractivity (Wildman–Crippen MR) is 48.5 cm³/mol. The van der Waals surface area contributed by atoms with Gasteiger partial charge in [-0.1, -0.05) is 0 Å². The molecule has 0 fully saturated rings. The van der Waals surface area contributed by atoms with Crippen LogP contribution >= 0.6 is 22.6 Å². The van der Waals surface area contributed by atoms with Gasteiger partial charge in [-0.05, 0) is 0 Å². The molecular formula is C8H9I2-. The number of alkyl halides is 1. The van der Waals surface area contributed by atoms with Gasteiger partial charge in [-0.15, -0.1) is 0 Å². The van der Waals surface area contributed by atoms with E-state index in [9.17, 15) is 0 Å². The number of aryl methyl sites for hydroxylation is 1. The standard InChI is InChI=1S/C8H9I2/c1-6-3-7(9)5-8(4-6)10-2/h3-5H,1-2H3/q-1. The molecule has 0 nitrogen and oxygen atoms in total. The second kappa shape index (κ2) is 3.90. The third kappa shape index (κ3) is 2.38. The van der Waals surface area contributed by atoms with E-state index in [-0.39, 0.29) is 21.2 Å². The van der Waals surface area contributed by atoms with Crippen molar-refractivity contribution >= 4 is 22.6 Å². The number of halogens is 2. The normalized spacial score (nSPS) is 10.3. The first kappa shape index (κ1) is 8.77. The molecule has 0 N–H and O–H groups in total. The van der Waals surface area contributed by atoms with Crippen molar-refractivity contribution in [1.82, 2.24) is 0 Å². The molecule has 1 rings (SSSR count). The molecule has 2 heteroatoms. The van der Waals surface area contributed by atoms with Gasteiger partial charge in [-0.2, -0.15) is 0 Å². The third-order valence-corrected chi connectivity index (χ3v) is 3.72. The summed E-state index contributed by atoms with van der Waals surface area (Å²) in [4.78, 5) is 2.30. The fraction of sp³-hybridized carbons (Fsp3) is 0.250. The number of benzene rings is 1. The van der Waals surface area contributed by atoms with Crippen molar-refractivity contribution in [3.05, 3.63) is 30.9 Å². The molecule has 0 heterocycles. The van der Waals surface area contributed by atoms with Gasteiger partial charge in [-0.25, -0.2) is 0 Å². The Hall–Kier alpha value is 0.680. The molecular weight excluding hydrogens is 350 g/mol. The first-order valence-corrected chi connectivity index (χ1v) is 7.30. The van der Waals surface area contributed by atoms with Crippen molar-refractivity contribution in [3.8, 4) is 0 Å². The van der Waals surface area contributed by atoms with Crippen molar-refractivity contribution in [2.24, 2.45) is 0 Å². The summed E-state index contributed by atoms with van der Waals surface area (Å²) in [5.41, 5.74) is 1.39. The SMILES string of the molecule is C[I-]c1cc(C)cc(I)c1. The van der Waals surface area contributed by atoms with Gasteiger partial charge in [0.1, 0.15) is 0 Å². The number of rotatable bonds is 1. The molecule has 0 aliphatic carbocycles. The van der Waals surface area contributed by atoms with Crippen molar-refractivity contribution in [2.45, 2.75) is 6.92 Å². The van der Waals surface area contributed by atoms with Crippen LogP contribution in [0.5, 0.6) is 0 Å². The summed E-state index contributed by atoms with van der Waals surface area (Å²) < 4.78 is 2.91. The van der Waals surface area contributed by atoms with Crippen LogP contribution in [0.15, 0.2) is 18.2 Å². The number of hydrogen-bond donors (Lipinski definition) is 0. The molecule has 0 aliphatic heterocycles. The minimum absolute atomic E-state index is 0.271. The third-order valence-electron chi connectivity index (χ3n) is 1.23. The van der Waals surface area contributed by atoms with Gasteiger partial charge in [0.05, 0.1) is 0 Å². The van der Waals surface area contributed by atoms with Crippen LogP contribution < -0.4 is 21.2 Å². The Morgan fingerprint density at radius 1 is 1.30 bits per heavy atom. The second-order valence-electron chi connectivity index (χ2n) is 2.14. The van der Waals surface area contributed by atoms with E-state index in [1.54, 1.807) is 3.57 Å². The molecule has 0 aromatic heterocycles. The topological polar surface area (TPSA) is 0 Å². The van der Waals surface area contributed by atoms with Gasteiger partial charge in [0.15, 0.2) is 0 Å². The van der Waals surface area contributed by atoms with Crippen LogP contribution in [0.25, 0.3) is 0 Å². The molecule has 0 spiro atoms. The van der Waals surface area contributed by atoms with E-state index < -0.39 is 0 Å². The summed E-state index contributed by atoms with van der Waals surface area (Å²) in [7, 11) is 0. The van der Waals surface area contributed by atoms with Crippen LogP contribution in [0.3, 0.4) is 0 Å². The van der Waals surface area contributed by atoms with Gasteiger partial charge in [0.25, 0.3) is 0 Å². The Bertz CT molecular complexity index is 210. The quantitative estimate of drug-likeness (QED) is 0.468. The molecule has 1 aromatic rings. The average Bonchev–Trinajstić information content (AvgIpc) is 1.85. The molecule has 0 amide bonds. The zero-order chi connectivity index (χ0) is 7.56. The van der Waals surface area contributed by atoms with Crippen LogP contribution in [0.4, 0.5) is 0 Å².